The van der Waals surface area contributed by atoms with Gasteiger partial charge in [-0.2, -0.15) is 13.9 Å². The van der Waals surface area contributed by atoms with Crippen LogP contribution in [0, 0.1) is 0 Å². The summed E-state index contributed by atoms with van der Waals surface area (Å²) < 4.78 is 76.1. The van der Waals surface area contributed by atoms with Crippen LogP contribution in [0.2, 0.25) is 0 Å². The van der Waals surface area contributed by atoms with Gasteiger partial charge in [-0.05, 0) is 17.7 Å². The number of amides is 1. The summed E-state index contributed by atoms with van der Waals surface area (Å²) in [5.74, 6) is -0.0166. The summed E-state index contributed by atoms with van der Waals surface area (Å²) in [5, 5.41) is 10.5. The number of hydrogen-bond acceptors (Lipinski definition) is 7. The molecule has 6 rings (SSSR count). The summed E-state index contributed by atoms with van der Waals surface area (Å²) >= 11 is 0. The van der Waals surface area contributed by atoms with Gasteiger partial charge in [0, 0.05) is 44.2 Å². The van der Waals surface area contributed by atoms with Gasteiger partial charge in [-0.15, -0.1) is 5.10 Å². The minimum absolute atomic E-state index is 0.0223. The largest absolute Gasteiger partial charge is 0.473 e. The summed E-state index contributed by atoms with van der Waals surface area (Å²) in [6.45, 7) is -2.98. The molecule has 1 amide bonds. The molecule has 0 aliphatic carbocycles. The zero-order valence-corrected chi connectivity index (χ0v) is 22.9. The van der Waals surface area contributed by atoms with E-state index >= 15 is 0 Å². The summed E-state index contributed by atoms with van der Waals surface area (Å²) in [6.07, 6.45) is -1.32. The first-order valence-corrected chi connectivity index (χ1v) is 13.2. The number of ether oxygens (including phenoxy) is 3. The standard InChI is InChI=1S/C28H25F4N7O4/c1-33-28(40)42-16-12-39-26(41-14-16)20(22(35-39)23(29)30)21-19(18-13-37(2)36-25(18)43-27(31)32)17-9-6-10-38(24(17)34-21)11-15-7-4-3-5-8-15/h3-10,13,16,23,27H,11-12,14H2,1-2H3,(H,33,40)/t16-/m0/s1. The van der Waals surface area contributed by atoms with Gasteiger partial charge >= 0.3 is 12.7 Å². The SMILES string of the molecule is CNC(=O)O[C@@H]1COc2c(-c3nc4n(Cc5ccccc5)cccc-4c3-c3cn(C)nc3OC(F)F)c(C(F)F)nn2C1. The number of rotatable bonds is 8. The molecule has 1 aromatic carbocycles. The summed E-state index contributed by atoms with van der Waals surface area (Å²) in [6, 6.07) is 13.0. The fraction of sp³-hybridized carbons (Fsp3) is 0.286. The van der Waals surface area contributed by atoms with Crippen LogP contribution in [0.3, 0.4) is 0 Å². The van der Waals surface area contributed by atoms with E-state index in [1.54, 1.807) is 18.3 Å². The molecule has 15 heteroatoms. The molecular weight excluding hydrogens is 574 g/mol. The highest BCUT2D eigenvalue weighted by Gasteiger charge is 2.37. The molecule has 0 radical (unpaired) electrons. The Morgan fingerprint density at radius 2 is 1.88 bits per heavy atom. The molecule has 3 aromatic rings. The number of carbonyl (C=O) groups excluding carboxylic acids is 1. The number of pyridine rings is 1. The molecule has 1 N–H and O–H groups in total. The van der Waals surface area contributed by atoms with Crippen LogP contribution < -0.4 is 14.8 Å². The van der Waals surface area contributed by atoms with Gasteiger partial charge in [-0.25, -0.2) is 23.2 Å². The Morgan fingerprint density at radius 1 is 1.09 bits per heavy atom. The van der Waals surface area contributed by atoms with E-state index in [0.29, 0.717) is 17.9 Å². The average Bonchev–Trinajstić information content (AvgIpc) is 3.65. The molecule has 0 bridgehead atoms. The molecule has 3 aliphatic rings. The van der Waals surface area contributed by atoms with Crippen molar-refractivity contribution < 1.29 is 36.6 Å². The Morgan fingerprint density at radius 3 is 2.60 bits per heavy atom. The number of aryl methyl sites for hydroxylation is 1. The Hall–Kier alpha value is -5.08. The highest BCUT2D eigenvalue weighted by molar-refractivity contribution is 5.97. The number of benzene rings is 1. The number of fused-ring (bicyclic) bond motifs is 2. The zero-order valence-electron chi connectivity index (χ0n) is 22.9. The van der Waals surface area contributed by atoms with Crippen LogP contribution in [0.25, 0.3) is 33.8 Å². The number of aromatic nitrogens is 6. The topological polar surface area (TPSA) is 110 Å². The van der Waals surface area contributed by atoms with E-state index in [0.717, 1.165) is 5.56 Å². The fourth-order valence-electron chi connectivity index (χ4n) is 5.13. The van der Waals surface area contributed by atoms with Crippen molar-refractivity contribution in [1.82, 2.24) is 34.4 Å². The van der Waals surface area contributed by atoms with Crippen LogP contribution >= 0.6 is 0 Å². The smallest absolute Gasteiger partial charge is 0.407 e. The van der Waals surface area contributed by atoms with Crippen molar-refractivity contribution in [2.45, 2.75) is 32.2 Å². The monoisotopic (exact) mass is 599 g/mol. The molecule has 0 unspecified atom stereocenters. The summed E-state index contributed by atoms with van der Waals surface area (Å²) in [4.78, 5) is 16.6. The maximum Gasteiger partial charge on any atom is 0.407 e. The van der Waals surface area contributed by atoms with Crippen LogP contribution in [0.5, 0.6) is 11.8 Å². The van der Waals surface area contributed by atoms with Crippen LogP contribution in [-0.2, 0) is 24.9 Å². The Bertz CT molecular complexity index is 1730. The third-order valence-corrected chi connectivity index (χ3v) is 6.86. The predicted molar refractivity (Wildman–Crippen MR) is 144 cm³/mol. The van der Waals surface area contributed by atoms with Crippen LogP contribution in [0.1, 0.15) is 17.7 Å². The number of hydrogen-bond donors (Lipinski definition) is 1. The van der Waals surface area contributed by atoms with Gasteiger partial charge in [0.05, 0.1) is 23.4 Å². The second kappa shape index (κ2) is 11.3. The third kappa shape index (κ3) is 5.33. The lowest BCUT2D eigenvalue weighted by Crippen LogP contribution is -2.37. The number of carbonyl (C=O) groups is 1. The number of alkyl carbamates (subject to hydrolysis) is 1. The van der Waals surface area contributed by atoms with Crippen molar-refractivity contribution >= 4 is 6.09 Å². The van der Waals surface area contributed by atoms with Gasteiger partial charge in [0.25, 0.3) is 6.43 Å². The number of halogens is 4. The van der Waals surface area contributed by atoms with E-state index in [4.69, 9.17) is 19.2 Å². The second-order valence-corrected chi connectivity index (χ2v) is 9.73. The van der Waals surface area contributed by atoms with E-state index in [1.165, 1.54) is 29.7 Å². The average molecular weight is 600 g/mol. The maximum atomic E-state index is 14.6. The molecule has 0 fully saturated rings. The molecule has 1 atom stereocenters. The Kier molecular flexibility index (Phi) is 7.38. The van der Waals surface area contributed by atoms with Crippen LogP contribution in [0.15, 0.2) is 54.9 Å². The number of nitrogens with one attached hydrogen (secondary N) is 1. The zero-order chi connectivity index (χ0) is 30.2. The summed E-state index contributed by atoms with van der Waals surface area (Å²) in [5.41, 5.74) is 1.08. The number of alkyl halides is 4. The van der Waals surface area contributed by atoms with Crippen molar-refractivity contribution in [1.29, 1.82) is 0 Å². The van der Waals surface area contributed by atoms with E-state index in [2.05, 4.69) is 15.5 Å². The third-order valence-electron chi connectivity index (χ3n) is 6.86. The molecule has 0 saturated heterocycles. The van der Waals surface area contributed by atoms with Gasteiger partial charge in [0.1, 0.15) is 18.1 Å². The molecule has 43 heavy (non-hydrogen) atoms. The molecule has 3 aliphatic heterocycles. The molecule has 5 heterocycles. The van der Waals surface area contributed by atoms with Gasteiger partial charge in [0.2, 0.25) is 11.8 Å². The van der Waals surface area contributed by atoms with Crippen molar-refractivity contribution in [3.8, 4) is 45.5 Å². The van der Waals surface area contributed by atoms with Crippen molar-refractivity contribution in [2.75, 3.05) is 13.7 Å². The number of nitrogens with zero attached hydrogens (tertiary/aromatic N) is 6. The highest BCUT2D eigenvalue weighted by atomic mass is 19.3. The normalized spacial score (nSPS) is 14.7. The minimum Gasteiger partial charge on any atom is -0.473 e. The van der Waals surface area contributed by atoms with Gasteiger partial charge in [-0.1, -0.05) is 30.3 Å². The van der Waals surface area contributed by atoms with Gasteiger partial charge < -0.3 is 24.1 Å². The lowest BCUT2D eigenvalue weighted by molar-refractivity contribution is -0.0527. The van der Waals surface area contributed by atoms with Crippen LogP contribution in [-0.4, -0.2) is 61.6 Å². The van der Waals surface area contributed by atoms with Crippen molar-refractivity contribution in [2.24, 2.45) is 7.05 Å². The first-order valence-electron chi connectivity index (χ1n) is 13.2. The second-order valence-electron chi connectivity index (χ2n) is 9.73. The fourth-order valence-corrected chi connectivity index (χ4v) is 5.13. The van der Waals surface area contributed by atoms with Crippen LogP contribution in [0.4, 0.5) is 22.4 Å². The Labute approximate surface area is 241 Å². The first-order chi connectivity index (χ1) is 20.7. The lowest BCUT2D eigenvalue weighted by atomic mass is 9.98. The van der Waals surface area contributed by atoms with Gasteiger partial charge in [0.15, 0.2) is 6.10 Å². The van der Waals surface area contributed by atoms with E-state index in [1.807, 2.05) is 34.9 Å². The maximum absolute atomic E-state index is 14.6. The van der Waals surface area contributed by atoms with E-state index in [9.17, 15) is 22.4 Å². The first kappa shape index (κ1) is 28.1. The van der Waals surface area contributed by atoms with E-state index < -0.39 is 36.8 Å². The molecule has 11 nitrogen and oxygen atoms in total. The Balaban J connectivity index is 1.57. The predicted octanol–water partition coefficient (Wildman–Crippen LogP) is 4.96. The van der Waals surface area contributed by atoms with Gasteiger partial charge in [-0.3, -0.25) is 4.68 Å². The minimum atomic E-state index is -3.18. The molecule has 0 spiro atoms. The van der Waals surface area contributed by atoms with E-state index in [-0.39, 0.29) is 41.4 Å². The summed E-state index contributed by atoms with van der Waals surface area (Å²) in [7, 11) is 2.91. The quantitative estimate of drug-likeness (QED) is 0.251. The molecule has 224 valence electrons. The van der Waals surface area contributed by atoms with Crippen molar-refractivity contribution in [3.63, 3.8) is 0 Å². The molecular formula is C28H25F4N7O4. The van der Waals surface area contributed by atoms with Crippen molar-refractivity contribution in [3.05, 3.63) is 66.1 Å². The lowest BCUT2D eigenvalue weighted by Gasteiger charge is -2.24. The highest BCUT2D eigenvalue weighted by Crippen LogP contribution is 2.49. The molecule has 0 saturated carbocycles. The molecule has 2 aromatic heterocycles.